The van der Waals surface area contributed by atoms with E-state index in [1.165, 1.54) is 23.8 Å². The first-order chi connectivity index (χ1) is 13.5. The number of rotatable bonds is 7. The number of aromatic nitrogens is 2. The molecule has 6 heteroatoms. The van der Waals surface area contributed by atoms with Crippen LogP contribution >= 0.6 is 0 Å². The standard InChI is InChI=1S/C22H22FN3O2/c1-16(22(28)24-15-5-8-17-6-3-2-4-7-17)26-21(27)14-13-20(25-26)18-9-11-19(23)12-10-18/h2-4,6-7,9-14,16H,5,8,15H2,1H3,(H,24,28). The Morgan fingerprint density at radius 3 is 2.50 bits per heavy atom. The molecule has 144 valence electrons. The molecule has 0 fully saturated rings. The second-order valence-electron chi connectivity index (χ2n) is 6.56. The number of hydrogen-bond donors (Lipinski definition) is 1. The molecule has 1 aromatic heterocycles. The van der Waals surface area contributed by atoms with Crippen molar-refractivity contribution in [3.63, 3.8) is 0 Å². The van der Waals surface area contributed by atoms with Gasteiger partial charge >= 0.3 is 0 Å². The molecular weight excluding hydrogens is 357 g/mol. The van der Waals surface area contributed by atoms with E-state index in [1.807, 2.05) is 18.2 Å². The van der Waals surface area contributed by atoms with Crippen molar-refractivity contribution in [1.29, 1.82) is 0 Å². The first kappa shape index (κ1) is 19.5. The fraction of sp³-hybridized carbons (Fsp3) is 0.227. The first-order valence-electron chi connectivity index (χ1n) is 9.22. The Morgan fingerprint density at radius 1 is 1.07 bits per heavy atom. The third-order valence-electron chi connectivity index (χ3n) is 4.50. The summed E-state index contributed by atoms with van der Waals surface area (Å²) in [6.45, 7) is 2.15. The maximum absolute atomic E-state index is 13.1. The van der Waals surface area contributed by atoms with E-state index < -0.39 is 6.04 Å². The minimum Gasteiger partial charge on any atom is -0.354 e. The van der Waals surface area contributed by atoms with Gasteiger partial charge in [-0.05, 0) is 55.7 Å². The highest BCUT2D eigenvalue weighted by Gasteiger charge is 2.17. The Balaban J connectivity index is 1.63. The molecule has 0 saturated heterocycles. The number of benzene rings is 2. The second-order valence-corrected chi connectivity index (χ2v) is 6.56. The zero-order chi connectivity index (χ0) is 19.9. The summed E-state index contributed by atoms with van der Waals surface area (Å²) >= 11 is 0. The van der Waals surface area contributed by atoms with Crippen LogP contribution in [0.25, 0.3) is 11.3 Å². The number of halogens is 1. The van der Waals surface area contributed by atoms with Gasteiger partial charge in [0.25, 0.3) is 5.56 Å². The van der Waals surface area contributed by atoms with Gasteiger partial charge in [-0.15, -0.1) is 0 Å². The molecule has 1 unspecified atom stereocenters. The molecule has 1 heterocycles. The molecule has 0 saturated carbocycles. The highest BCUT2D eigenvalue weighted by atomic mass is 19.1. The van der Waals surface area contributed by atoms with Crippen LogP contribution in [0, 0.1) is 5.82 Å². The summed E-state index contributed by atoms with van der Waals surface area (Å²) in [5.41, 5.74) is 2.03. The molecule has 0 aliphatic heterocycles. The molecule has 0 aliphatic carbocycles. The summed E-state index contributed by atoms with van der Waals surface area (Å²) in [6.07, 6.45) is 1.67. The van der Waals surface area contributed by atoms with Gasteiger partial charge in [0.15, 0.2) is 0 Å². The number of hydrogen-bond acceptors (Lipinski definition) is 3. The van der Waals surface area contributed by atoms with Crippen molar-refractivity contribution in [3.05, 3.63) is 88.5 Å². The van der Waals surface area contributed by atoms with Crippen molar-refractivity contribution in [2.24, 2.45) is 0 Å². The summed E-state index contributed by atoms with van der Waals surface area (Å²) in [7, 11) is 0. The zero-order valence-corrected chi connectivity index (χ0v) is 15.6. The van der Waals surface area contributed by atoms with Crippen molar-refractivity contribution in [1.82, 2.24) is 15.1 Å². The Bertz CT molecular complexity index is 985. The van der Waals surface area contributed by atoms with Gasteiger partial charge in [-0.1, -0.05) is 30.3 Å². The van der Waals surface area contributed by atoms with E-state index in [0.717, 1.165) is 17.5 Å². The number of nitrogens with one attached hydrogen (secondary N) is 1. The Kier molecular flexibility index (Phi) is 6.32. The number of carbonyl (C=O) groups is 1. The molecule has 28 heavy (non-hydrogen) atoms. The van der Waals surface area contributed by atoms with Crippen molar-refractivity contribution in [3.8, 4) is 11.3 Å². The van der Waals surface area contributed by atoms with Crippen LogP contribution < -0.4 is 10.9 Å². The van der Waals surface area contributed by atoms with Crippen molar-refractivity contribution in [2.75, 3.05) is 6.54 Å². The molecule has 0 bridgehead atoms. The molecule has 3 aromatic rings. The quantitative estimate of drug-likeness (QED) is 0.640. The van der Waals surface area contributed by atoms with Gasteiger partial charge in [0, 0.05) is 18.2 Å². The predicted molar refractivity (Wildman–Crippen MR) is 106 cm³/mol. The van der Waals surface area contributed by atoms with Crippen LogP contribution in [-0.2, 0) is 11.2 Å². The van der Waals surface area contributed by atoms with E-state index in [-0.39, 0.29) is 17.3 Å². The van der Waals surface area contributed by atoms with Gasteiger partial charge < -0.3 is 5.32 Å². The van der Waals surface area contributed by atoms with Gasteiger partial charge in [-0.2, -0.15) is 5.10 Å². The lowest BCUT2D eigenvalue weighted by molar-refractivity contribution is -0.124. The average molecular weight is 379 g/mol. The second kappa shape index (κ2) is 9.08. The van der Waals surface area contributed by atoms with Crippen molar-refractivity contribution < 1.29 is 9.18 Å². The number of aryl methyl sites for hydroxylation is 1. The van der Waals surface area contributed by atoms with E-state index in [4.69, 9.17) is 0 Å². The monoisotopic (exact) mass is 379 g/mol. The van der Waals surface area contributed by atoms with Crippen LogP contribution in [0.3, 0.4) is 0 Å². The van der Waals surface area contributed by atoms with Crippen LogP contribution in [0.5, 0.6) is 0 Å². The van der Waals surface area contributed by atoms with Crippen molar-refractivity contribution >= 4 is 5.91 Å². The highest BCUT2D eigenvalue weighted by molar-refractivity contribution is 5.79. The minimum absolute atomic E-state index is 0.265. The zero-order valence-electron chi connectivity index (χ0n) is 15.6. The molecule has 1 amide bonds. The van der Waals surface area contributed by atoms with Crippen LogP contribution in [-0.4, -0.2) is 22.2 Å². The predicted octanol–water partition coefficient (Wildman–Crippen LogP) is 3.36. The fourth-order valence-corrected chi connectivity index (χ4v) is 2.88. The van der Waals surface area contributed by atoms with E-state index >= 15 is 0 Å². The summed E-state index contributed by atoms with van der Waals surface area (Å²) in [6, 6.07) is 18.1. The van der Waals surface area contributed by atoms with E-state index in [1.54, 1.807) is 25.1 Å². The summed E-state index contributed by atoms with van der Waals surface area (Å²) in [5.74, 6) is -0.612. The van der Waals surface area contributed by atoms with E-state index in [2.05, 4.69) is 22.5 Å². The van der Waals surface area contributed by atoms with Gasteiger partial charge in [0.2, 0.25) is 5.91 Å². The third-order valence-corrected chi connectivity index (χ3v) is 4.50. The number of amides is 1. The molecule has 0 aliphatic rings. The van der Waals surface area contributed by atoms with Gasteiger partial charge in [0.05, 0.1) is 5.69 Å². The lowest BCUT2D eigenvalue weighted by atomic mass is 10.1. The Labute approximate surface area is 162 Å². The van der Waals surface area contributed by atoms with Gasteiger partial charge in [-0.25, -0.2) is 9.07 Å². The third kappa shape index (κ3) is 4.91. The SMILES string of the molecule is CC(C(=O)NCCCc1ccccc1)n1nc(-c2ccc(F)cc2)ccc1=O. The van der Waals surface area contributed by atoms with Crippen molar-refractivity contribution in [2.45, 2.75) is 25.8 Å². The Hall–Kier alpha value is -3.28. The number of carbonyl (C=O) groups excluding carboxylic acids is 1. The molecule has 1 N–H and O–H groups in total. The first-order valence-corrected chi connectivity index (χ1v) is 9.22. The normalized spacial score (nSPS) is 11.8. The smallest absolute Gasteiger partial charge is 0.267 e. The number of nitrogens with zero attached hydrogens (tertiary/aromatic N) is 2. The maximum atomic E-state index is 13.1. The highest BCUT2D eigenvalue weighted by Crippen LogP contribution is 2.16. The van der Waals surface area contributed by atoms with Crippen LogP contribution in [0.2, 0.25) is 0 Å². The lowest BCUT2D eigenvalue weighted by Crippen LogP contribution is -2.37. The maximum Gasteiger partial charge on any atom is 0.267 e. The summed E-state index contributed by atoms with van der Waals surface area (Å²) in [5, 5.41) is 7.15. The molecule has 1 atom stereocenters. The van der Waals surface area contributed by atoms with Gasteiger partial charge in [0.1, 0.15) is 11.9 Å². The van der Waals surface area contributed by atoms with Crippen LogP contribution in [0.4, 0.5) is 4.39 Å². The molecule has 3 rings (SSSR count). The molecule has 0 spiro atoms. The topological polar surface area (TPSA) is 64.0 Å². The lowest BCUT2D eigenvalue weighted by Gasteiger charge is -2.15. The molecule has 2 aromatic carbocycles. The molecule has 5 nitrogen and oxygen atoms in total. The van der Waals surface area contributed by atoms with Crippen LogP contribution in [0.1, 0.15) is 24.9 Å². The summed E-state index contributed by atoms with van der Waals surface area (Å²) < 4.78 is 14.3. The van der Waals surface area contributed by atoms with Crippen LogP contribution in [0.15, 0.2) is 71.5 Å². The van der Waals surface area contributed by atoms with E-state index in [9.17, 15) is 14.0 Å². The van der Waals surface area contributed by atoms with Gasteiger partial charge in [-0.3, -0.25) is 9.59 Å². The largest absolute Gasteiger partial charge is 0.354 e. The Morgan fingerprint density at radius 2 is 1.79 bits per heavy atom. The summed E-state index contributed by atoms with van der Waals surface area (Å²) in [4.78, 5) is 24.6. The van der Waals surface area contributed by atoms with E-state index in [0.29, 0.717) is 17.8 Å². The minimum atomic E-state index is -0.746. The molecular formula is C22H22FN3O2. The average Bonchev–Trinajstić information content (AvgIpc) is 2.72. The molecule has 0 radical (unpaired) electrons. The fourth-order valence-electron chi connectivity index (χ4n) is 2.88.